The second-order valence-electron chi connectivity index (χ2n) is 6.26. The number of phosphoric acid groups is 2. The Labute approximate surface area is 172 Å². The molecule has 13 heteroatoms. The minimum Gasteiger partial charge on any atom is -0.395 e. The van der Waals surface area contributed by atoms with Crippen LogP contribution in [0.4, 0.5) is 0 Å². The average molecular weight is 466 g/mol. The Morgan fingerprint density at radius 1 is 0.667 bits per heavy atom. The SMILES string of the molecule is O=P(O)(O)OP(=O)(O)O.OCC(CO)(CO)C(O)(c1ccccc1)c1ccccc1. The molecule has 0 aliphatic heterocycles. The lowest BCUT2D eigenvalue weighted by molar-refractivity contribution is -0.136. The van der Waals surface area contributed by atoms with Gasteiger partial charge >= 0.3 is 15.6 Å². The highest BCUT2D eigenvalue weighted by molar-refractivity contribution is 7.60. The van der Waals surface area contributed by atoms with Crippen LogP contribution in [0, 0.1) is 5.41 Å². The largest absolute Gasteiger partial charge is 0.478 e. The number of aliphatic hydroxyl groups excluding tert-OH is 3. The number of aliphatic hydroxyl groups is 4. The first kappa shape index (κ1) is 26.6. The summed E-state index contributed by atoms with van der Waals surface area (Å²) in [4.78, 5) is 31.0. The molecule has 0 unspecified atom stereocenters. The van der Waals surface area contributed by atoms with Crippen molar-refractivity contribution >= 4 is 15.6 Å². The summed E-state index contributed by atoms with van der Waals surface area (Å²) in [7, 11) is -10.1. The van der Waals surface area contributed by atoms with E-state index in [1.54, 1.807) is 48.5 Å². The van der Waals surface area contributed by atoms with Gasteiger partial charge in [0.2, 0.25) is 0 Å². The van der Waals surface area contributed by atoms with E-state index in [9.17, 15) is 29.6 Å². The summed E-state index contributed by atoms with van der Waals surface area (Å²) in [5, 5.41) is 40.6. The van der Waals surface area contributed by atoms with Gasteiger partial charge in [-0.15, -0.1) is 0 Å². The smallest absolute Gasteiger partial charge is 0.395 e. The summed E-state index contributed by atoms with van der Waals surface area (Å²) < 4.78 is 22.2. The molecular formula is C17H24O11P2. The standard InChI is InChI=1S/C17H20O4.H4O7P2/c18-11-16(12-19,13-20)17(21,14-7-3-1-4-8-14)15-9-5-2-6-10-15;1-8(2,3)7-9(4,5)6/h1-10,18-21H,11-13H2;(H2,1,2,3)(H2,4,5,6). The molecule has 0 heterocycles. The third-order valence-electron chi connectivity index (χ3n) is 4.27. The molecule has 30 heavy (non-hydrogen) atoms. The van der Waals surface area contributed by atoms with Gasteiger partial charge in [-0.25, -0.2) is 9.13 Å². The quantitative estimate of drug-likeness (QED) is 0.244. The fraction of sp³-hybridized carbons (Fsp3) is 0.294. The molecule has 0 spiro atoms. The molecule has 0 bridgehead atoms. The number of benzene rings is 2. The molecule has 0 aliphatic rings. The zero-order valence-electron chi connectivity index (χ0n) is 15.6. The Balaban J connectivity index is 0.000000424. The van der Waals surface area contributed by atoms with Crippen LogP contribution in [0.15, 0.2) is 60.7 Å². The highest BCUT2D eigenvalue weighted by Crippen LogP contribution is 2.53. The first-order chi connectivity index (χ1) is 13.8. The van der Waals surface area contributed by atoms with Crippen LogP contribution in [0.2, 0.25) is 0 Å². The summed E-state index contributed by atoms with van der Waals surface area (Å²) in [6.07, 6.45) is 0. The van der Waals surface area contributed by atoms with E-state index in [-0.39, 0.29) is 0 Å². The van der Waals surface area contributed by atoms with E-state index >= 15 is 0 Å². The van der Waals surface area contributed by atoms with Crippen LogP contribution < -0.4 is 0 Å². The molecule has 2 rings (SSSR count). The second-order valence-corrected chi connectivity index (χ2v) is 8.88. The highest BCUT2D eigenvalue weighted by Gasteiger charge is 2.52. The molecule has 0 aliphatic carbocycles. The van der Waals surface area contributed by atoms with Crippen molar-refractivity contribution in [2.45, 2.75) is 5.60 Å². The molecule has 0 amide bonds. The van der Waals surface area contributed by atoms with Crippen molar-refractivity contribution in [3.63, 3.8) is 0 Å². The molecule has 11 nitrogen and oxygen atoms in total. The first-order valence-electron chi connectivity index (χ1n) is 8.33. The summed E-state index contributed by atoms with van der Waals surface area (Å²) >= 11 is 0. The Hall–Kier alpha value is -1.46. The lowest BCUT2D eigenvalue weighted by atomic mass is 9.66. The van der Waals surface area contributed by atoms with E-state index in [4.69, 9.17) is 19.6 Å². The summed E-state index contributed by atoms with van der Waals surface area (Å²) in [5.41, 5.74) is -2.18. The molecule has 2 aromatic rings. The van der Waals surface area contributed by atoms with Crippen LogP contribution in [-0.4, -0.2) is 59.8 Å². The fourth-order valence-electron chi connectivity index (χ4n) is 2.77. The molecular weight excluding hydrogens is 442 g/mol. The van der Waals surface area contributed by atoms with Crippen LogP contribution >= 0.6 is 15.6 Å². The number of rotatable bonds is 8. The summed E-state index contributed by atoms with van der Waals surface area (Å²) in [6.45, 7) is -1.67. The zero-order chi connectivity index (χ0) is 23.1. The Morgan fingerprint density at radius 3 is 1.17 bits per heavy atom. The minimum absolute atomic E-state index is 0.508. The molecule has 0 aromatic heterocycles. The van der Waals surface area contributed by atoms with Gasteiger partial charge in [0.25, 0.3) is 0 Å². The van der Waals surface area contributed by atoms with Gasteiger partial charge in [0, 0.05) is 0 Å². The number of hydrogen-bond acceptors (Lipinski definition) is 7. The summed E-state index contributed by atoms with van der Waals surface area (Å²) in [5.74, 6) is 0. The lowest BCUT2D eigenvalue weighted by Crippen LogP contribution is -2.54. The second kappa shape index (κ2) is 10.7. The molecule has 2 aromatic carbocycles. The topological polar surface area (TPSA) is 205 Å². The lowest BCUT2D eigenvalue weighted by Gasteiger charge is -2.45. The Morgan fingerprint density at radius 2 is 0.967 bits per heavy atom. The maximum absolute atomic E-state index is 11.4. The van der Waals surface area contributed by atoms with Gasteiger partial charge in [-0.05, 0) is 11.1 Å². The predicted octanol–water partition coefficient (Wildman–Crippen LogP) is 0.0742. The van der Waals surface area contributed by atoms with Gasteiger partial charge in [-0.2, -0.15) is 4.31 Å². The predicted molar refractivity (Wildman–Crippen MR) is 105 cm³/mol. The summed E-state index contributed by atoms with van der Waals surface area (Å²) in [6, 6.07) is 17.5. The van der Waals surface area contributed by atoms with Gasteiger partial charge in [0.05, 0.1) is 25.2 Å². The third-order valence-corrected chi connectivity index (χ3v) is 5.97. The van der Waals surface area contributed by atoms with Crippen LogP contribution in [0.1, 0.15) is 11.1 Å². The van der Waals surface area contributed by atoms with Crippen molar-refractivity contribution in [1.82, 2.24) is 0 Å². The maximum Gasteiger partial charge on any atom is 0.478 e. The van der Waals surface area contributed by atoms with Crippen molar-refractivity contribution in [2.24, 2.45) is 5.41 Å². The monoisotopic (exact) mass is 466 g/mol. The van der Waals surface area contributed by atoms with Crippen LogP contribution in [0.25, 0.3) is 0 Å². The van der Waals surface area contributed by atoms with Crippen molar-refractivity contribution in [3.8, 4) is 0 Å². The van der Waals surface area contributed by atoms with Crippen LogP contribution in [-0.2, 0) is 19.0 Å². The van der Waals surface area contributed by atoms with Crippen molar-refractivity contribution < 1.29 is 53.4 Å². The van der Waals surface area contributed by atoms with Gasteiger partial charge < -0.3 is 40.0 Å². The van der Waals surface area contributed by atoms with E-state index in [0.717, 1.165) is 0 Å². The zero-order valence-corrected chi connectivity index (χ0v) is 17.4. The molecule has 0 saturated carbocycles. The fourth-order valence-corrected chi connectivity index (χ4v) is 3.88. The maximum atomic E-state index is 11.4. The molecule has 0 radical (unpaired) electrons. The minimum atomic E-state index is -5.05. The first-order valence-corrected chi connectivity index (χ1v) is 11.4. The van der Waals surface area contributed by atoms with Crippen LogP contribution in [0.5, 0.6) is 0 Å². The van der Waals surface area contributed by atoms with E-state index in [0.29, 0.717) is 11.1 Å². The molecule has 0 atom stereocenters. The van der Waals surface area contributed by atoms with Crippen molar-refractivity contribution in [1.29, 1.82) is 0 Å². The van der Waals surface area contributed by atoms with Gasteiger partial charge in [0.1, 0.15) is 5.60 Å². The van der Waals surface area contributed by atoms with E-state index < -0.39 is 46.5 Å². The van der Waals surface area contributed by atoms with Crippen molar-refractivity contribution in [3.05, 3.63) is 71.8 Å². The van der Waals surface area contributed by atoms with E-state index in [1.165, 1.54) is 0 Å². The average Bonchev–Trinajstić information content (AvgIpc) is 2.68. The Kier molecular flexibility index (Phi) is 9.50. The van der Waals surface area contributed by atoms with Crippen molar-refractivity contribution in [2.75, 3.05) is 19.8 Å². The molecule has 0 saturated heterocycles. The van der Waals surface area contributed by atoms with Gasteiger partial charge in [-0.3, -0.25) is 0 Å². The molecule has 168 valence electrons. The van der Waals surface area contributed by atoms with Crippen LogP contribution in [0.3, 0.4) is 0 Å². The third kappa shape index (κ3) is 6.78. The van der Waals surface area contributed by atoms with E-state index in [1.807, 2.05) is 12.1 Å². The van der Waals surface area contributed by atoms with Gasteiger partial charge in [0.15, 0.2) is 0 Å². The van der Waals surface area contributed by atoms with E-state index in [2.05, 4.69) is 4.31 Å². The molecule has 8 N–H and O–H groups in total. The highest BCUT2D eigenvalue weighted by atomic mass is 31.3. The molecule has 0 fully saturated rings. The Bertz CT molecular complexity index is 792. The van der Waals surface area contributed by atoms with Gasteiger partial charge in [-0.1, -0.05) is 60.7 Å². The normalized spacial score (nSPS) is 12.8. The number of hydrogen-bond donors (Lipinski definition) is 8.